The van der Waals surface area contributed by atoms with Gasteiger partial charge in [0.25, 0.3) is 14.2 Å². The fraction of sp³-hybridized carbons (Fsp3) is 0.273. The second-order valence-electron chi connectivity index (χ2n) is 3.88. The average Bonchev–Trinajstić information content (AvgIpc) is 2.74. The molecule has 0 aliphatic heterocycles. The zero-order valence-corrected chi connectivity index (χ0v) is 13.2. The molecule has 0 aliphatic rings. The van der Waals surface area contributed by atoms with Crippen molar-refractivity contribution in [2.24, 2.45) is 0 Å². The molecule has 2 aromatic rings. The van der Waals surface area contributed by atoms with E-state index in [9.17, 15) is 8.42 Å². The fourth-order valence-electron chi connectivity index (χ4n) is 1.73. The van der Waals surface area contributed by atoms with E-state index in [-0.39, 0.29) is 5.16 Å². The molecule has 0 unspecified atom stereocenters. The molecule has 0 N–H and O–H groups in total. The second kappa shape index (κ2) is 5.60. The fourth-order valence-corrected chi connectivity index (χ4v) is 2.98. The summed E-state index contributed by atoms with van der Waals surface area (Å²) in [6.45, 7) is 2.26. The highest BCUT2D eigenvalue weighted by Crippen LogP contribution is 2.17. The van der Waals surface area contributed by atoms with Crippen molar-refractivity contribution in [2.45, 2.75) is 25.0 Å². The molecule has 1 aromatic heterocycles. The summed E-state index contributed by atoms with van der Waals surface area (Å²) in [6.07, 6.45) is 0.501. The van der Waals surface area contributed by atoms with Gasteiger partial charge in [-0.05, 0) is 24.6 Å². The Balaban J connectivity index is 2.36. The normalized spacial score (nSPS) is 11.7. The van der Waals surface area contributed by atoms with Crippen LogP contribution in [0.5, 0.6) is 0 Å². The van der Waals surface area contributed by atoms with Gasteiger partial charge in [0.1, 0.15) is 5.82 Å². The molecule has 0 radical (unpaired) electrons. The number of benzene rings is 1. The lowest BCUT2D eigenvalue weighted by atomic mass is 10.1. The van der Waals surface area contributed by atoms with E-state index in [0.29, 0.717) is 18.8 Å². The van der Waals surface area contributed by atoms with Crippen molar-refractivity contribution in [3.63, 3.8) is 0 Å². The van der Waals surface area contributed by atoms with E-state index in [1.54, 1.807) is 0 Å². The van der Waals surface area contributed by atoms with Crippen molar-refractivity contribution in [1.29, 1.82) is 0 Å². The summed E-state index contributed by atoms with van der Waals surface area (Å²) >= 11 is 3.36. The summed E-state index contributed by atoms with van der Waals surface area (Å²) in [7, 11) is 1.45. The third kappa shape index (κ3) is 3.34. The van der Waals surface area contributed by atoms with E-state index < -0.39 is 9.05 Å². The predicted octanol–water partition coefficient (Wildman–Crippen LogP) is 2.58. The van der Waals surface area contributed by atoms with Crippen LogP contribution < -0.4 is 0 Å². The molecular formula is C11H11BrClN3O2S. The van der Waals surface area contributed by atoms with Gasteiger partial charge >= 0.3 is 0 Å². The van der Waals surface area contributed by atoms with Gasteiger partial charge in [-0.15, -0.1) is 10.2 Å². The first kappa shape index (κ1) is 14.5. The average molecular weight is 365 g/mol. The van der Waals surface area contributed by atoms with Gasteiger partial charge in [-0.3, -0.25) is 0 Å². The number of nitrogens with zero attached hydrogens (tertiary/aromatic N) is 3. The standard InChI is InChI=1S/C11H11BrClN3O2S/c1-2-16-10(14-15-11(16)19(13,17)18)7-8-3-5-9(12)6-4-8/h3-6H,2,7H2,1H3. The van der Waals surface area contributed by atoms with Crippen molar-refractivity contribution in [1.82, 2.24) is 14.8 Å². The first-order valence-corrected chi connectivity index (χ1v) is 8.63. The monoisotopic (exact) mass is 363 g/mol. The minimum Gasteiger partial charge on any atom is -0.301 e. The predicted molar refractivity (Wildman–Crippen MR) is 75.7 cm³/mol. The zero-order valence-electron chi connectivity index (χ0n) is 10.0. The summed E-state index contributed by atoms with van der Waals surface area (Å²) in [4.78, 5) is 0. The van der Waals surface area contributed by atoms with Crippen LogP contribution in [0.15, 0.2) is 33.9 Å². The summed E-state index contributed by atoms with van der Waals surface area (Å²) < 4.78 is 25.2. The number of hydrogen-bond acceptors (Lipinski definition) is 4. The Bertz CT molecular complexity index is 682. The molecule has 0 aliphatic carbocycles. The molecule has 0 fully saturated rings. The van der Waals surface area contributed by atoms with Crippen molar-refractivity contribution >= 4 is 35.7 Å². The number of aromatic nitrogens is 3. The summed E-state index contributed by atoms with van der Waals surface area (Å²) in [5, 5.41) is 7.36. The molecule has 19 heavy (non-hydrogen) atoms. The maximum Gasteiger partial charge on any atom is 0.296 e. The van der Waals surface area contributed by atoms with E-state index >= 15 is 0 Å². The summed E-state index contributed by atoms with van der Waals surface area (Å²) in [5.41, 5.74) is 1.02. The van der Waals surface area contributed by atoms with Gasteiger partial charge in [-0.1, -0.05) is 28.1 Å². The lowest BCUT2D eigenvalue weighted by Gasteiger charge is -2.05. The number of halogens is 2. The van der Waals surface area contributed by atoms with Crippen LogP contribution in [0.4, 0.5) is 0 Å². The second-order valence-corrected chi connectivity index (χ2v) is 7.26. The van der Waals surface area contributed by atoms with Crippen LogP contribution in [0.1, 0.15) is 18.3 Å². The molecule has 0 bridgehead atoms. The lowest BCUT2D eigenvalue weighted by Crippen LogP contribution is -2.08. The van der Waals surface area contributed by atoms with Crippen LogP contribution in [-0.4, -0.2) is 23.2 Å². The summed E-state index contributed by atoms with van der Waals surface area (Å²) in [5.74, 6) is 0.573. The van der Waals surface area contributed by atoms with Crippen molar-refractivity contribution in [3.05, 3.63) is 40.1 Å². The van der Waals surface area contributed by atoms with Gasteiger partial charge in [0.2, 0.25) is 0 Å². The van der Waals surface area contributed by atoms with E-state index in [2.05, 4.69) is 26.1 Å². The smallest absolute Gasteiger partial charge is 0.296 e. The maximum atomic E-state index is 11.4. The molecule has 0 spiro atoms. The molecule has 1 aromatic carbocycles. The highest BCUT2D eigenvalue weighted by Gasteiger charge is 2.21. The topological polar surface area (TPSA) is 64.8 Å². The molecule has 1 heterocycles. The maximum absolute atomic E-state index is 11.4. The first-order valence-electron chi connectivity index (χ1n) is 5.53. The third-order valence-electron chi connectivity index (χ3n) is 2.60. The SMILES string of the molecule is CCn1c(Cc2ccc(Br)cc2)nnc1S(=O)(=O)Cl. The number of hydrogen-bond donors (Lipinski definition) is 0. The van der Waals surface area contributed by atoms with Crippen LogP contribution in [0.2, 0.25) is 0 Å². The van der Waals surface area contributed by atoms with E-state index in [4.69, 9.17) is 10.7 Å². The van der Waals surface area contributed by atoms with Gasteiger partial charge in [0, 0.05) is 28.1 Å². The third-order valence-corrected chi connectivity index (χ3v) is 4.28. The quantitative estimate of drug-likeness (QED) is 0.782. The summed E-state index contributed by atoms with van der Waals surface area (Å²) in [6, 6.07) is 7.71. The molecule has 0 saturated carbocycles. The zero-order chi connectivity index (χ0) is 14.0. The molecule has 8 heteroatoms. The Kier molecular flexibility index (Phi) is 4.27. The van der Waals surface area contributed by atoms with Gasteiger partial charge in [-0.2, -0.15) is 0 Å². The molecule has 0 saturated heterocycles. The minimum atomic E-state index is -3.87. The Morgan fingerprint density at radius 1 is 1.26 bits per heavy atom. The molecular weight excluding hydrogens is 354 g/mol. The number of rotatable bonds is 4. The largest absolute Gasteiger partial charge is 0.301 e. The van der Waals surface area contributed by atoms with E-state index in [1.165, 1.54) is 4.57 Å². The molecule has 2 rings (SSSR count). The Hall–Kier alpha value is -0.920. The molecule has 0 amide bonds. The Morgan fingerprint density at radius 3 is 2.42 bits per heavy atom. The van der Waals surface area contributed by atoms with E-state index in [1.807, 2.05) is 31.2 Å². The Labute approximate surface area is 124 Å². The van der Waals surface area contributed by atoms with Gasteiger partial charge in [0.15, 0.2) is 0 Å². The molecule has 102 valence electrons. The van der Waals surface area contributed by atoms with Crippen molar-refractivity contribution in [2.75, 3.05) is 0 Å². The first-order chi connectivity index (χ1) is 8.91. The van der Waals surface area contributed by atoms with Crippen LogP contribution in [0.25, 0.3) is 0 Å². The van der Waals surface area contributed by atoms with Gasteiger partial charge < -0.3 is 4.57 Å². The highest BCUT2D eigenvalue weighted by molar-refractivity contribution is 9.10. The molecule has 0 atom stereocenters. The van der Waals surface area contributed by atoms with Crippen molar-refractivity contribution in [3.8, 4) is 0 Å². The van der Waals surface area contributed by atoms with Crippen LogP contribution in [0.3, 0.4) is 0 Å². The lowest BCUT2D eigenvalue weighted by molar-refractivity contribution is 0.576. The van der Waals surface area contributed by atoms with Crippen LogP contribution in [0, 0.1) is 0 Å². The minimum absolute atomic E-state index is 0.205. The Morgan fingerprint density at radius 2 is 1.89 bits per heavy atom. The van der Waals surface area contributed by atoms with Crippen molar-refractivity contribution < 1.29 is 8.42 Å². The van der Waals surface area contributed by atoms with Gasteiger partial charge in [-0.25, -0.2) is 8.42 Å². The van der Waals surface area contributed by atoms with Crippen LogP contribution >= 0.6 is 26.6 Å². The van der Waals surface area contributed by atoms with E-state index in [0.717, 1.165) is 10.0 Å². The van der Waals surface area contributed by atoms with Gasteiger partial charge in [0.05, 0.1) is 0 Å². The highest BCUT2D eigenvalue weighted by atomic mass is 79.9. The molecule has 5 nitrogen and oxygen atoms in total. The van der Waals surface area contributed by atoms with Crippen LogP contribution in [-0.2, 0) is 22.0 Å².